The quantitative estimate of drug-likeness (QED) is 0.476. The second-order valence-corrected chi connectivity index (χ2v) is 4.66. The lowest BCUT2D eigenvalue weighted by atomic mass is 10.2. The molecule has 0 aliphatic carbocycles. The lowest BCUT2D eigenvalue weighted by Crippen LogP contribution is -2.35. The van der Waals surface area contributed by atoms with Gasteiger partial charge in [-0.15, -0.1) is 0 Å². The van der Waals surface area contributed by atoms with Gasteiger partial charge >= 0.3 is 0 Å². The largest absolute Gasteiger partial charge is 0.394 e. The van der Waals surface area contributed by atoms with E-state index >= 15 is 0 Å². The minimum atomic E-state index is -0.345. The smallest absolute Gasteiger partial charge is 0.274 e. The van der Waals surface area contributed by atoms with Crippen molar-refractivity contribution in [3.8, 4) is 0 Å². The first-order valence-electron chi connectivity index (χ1n) is 6.50. The molecular formula is C13H18N4O4. The molecule has 0 aromatic carbocycles. The second-order valence-electron chi connectivity index (χ2n) is 4.66. The number of aromatic nitrogens is 4. The van der Waals surface area contributed by atoms with E-state index in [1.54, 1.807) is 6.92 Å². The lowest BCUT2D eigenvalue weighted by Gasteiger charge is -1.94. The van der Waals surface area contributed by atoms with Crippen LogP contribution < -0.4 is 21.7 Å². The number of rotatable bonds is 5. The number of aryl methyl sites for hydroxylation is 1. The van der Waals surface area contributed by atoms with Gasteiger partial charge in [-0.05, 0) is 13.0 Å². The molecule has 0 aliphatic heterocycles. The first kappa shape index (κ1) is 15.1. The fourth-order valence-electron chi connectivity index (χ4n) is 2.15. The van der Waals surface area contributed by atoms with E-state index in [-0.39, 0.29) is 42.6 Å². The van der Waals surface area contributed by atoms with E-state index in [1.165, 1.54) is 15.4 Å². The summed E-state index contributed by atoms with van der Waals surface area (Å²) < 4.78 is 2.52. The number of aliphatic hydroxyl groups is 2. The third kappa shape index (κ3) is 2.76. The van der Waals surface area contributed by atoms with Gasteiger partial charge in [0.15, 0.2) is 0 Å². The summed E-state index contributed by atoms with van der Waals surface area (Å²) >= 11 is 0. The zero-order valence-electron chi connectivity index (χ0n) is 11.7. The molecule has 0 saturated heterocycles. The van der Waals surface area contributed by atoms with Crippen LogP contribution >= 0.6 is 0 Å². The van der Waals surface area contributed by atoms with Crippen LogP contribution in [0.3, 0.4) is 0 Å². The Morgan fingerprint density at radius 1 is 1.10 bits per heavy atom. The van der Waals surface area contributed by atoms with Crippen LogP contribution in [0.25, 0.3) is 12.7 Å². The Hall–Kier alpha value is -2.32. The molecule has 21 heavy (non-hydrogen) atoms. The van der Waals surface area contributed by atoms with E-state index in [1.807, 2.05) is 0 Å². The van der Waals surface area contributed by atoms with Gasteiger partial charge < -0.3 is 10.2 Å². The van der Waals surface area contributed by atoms with Crippen LogP contribution in [0.1, 0.15) is 11.3 Å². The molecule has 0 radical (unpaired) electrons. The van der Waals surface area contributed by atoms with Crippen molar-refractivity contribution < 1.29 is 10.2 Å². The summed E-state index contributed by atoms with van der Waals surface area (Å²) in [6.07, 6.45) is 1.47. The van der Waals surface area contributed by atoms with Crippen LogP contribution in [0, 0.1) is 6.92 Å². The van der Waals surface area contributed by atoms with E-state index in [0.717, 1.165) is 0 Å². The average Bonchev–Trinajstić information content (AvgIpc) is 2.84. The SMILES string of the molecule is C=c1[nH]n(CCO)c(=O)c1=Cc1c(C)[nH]n(CCO)c1=O. The molecule has 0 spiro atoms. The Balaban J connectivity index is 2.63. The zero-order chi connectivity index (χ0) is 15.6. The highest BCUT2D eigenvalue weighted by Crippen LogP contribution is 1.99. The molecule has 2 heterocycles. The van der Waals surface area contributed by atoms with Crippen molar-refractivity contribution in [3.63, 3.8) is 0 Å². The molecule has 0 aliphatic rings. The first-order valence-corrected chi connectivity index (χ1v) is 6.50. The molecule has 0 amide bonds. The lowest BCUT2D eigenvalue weighted by molar-refractivity contribution is 0.267. The molecule has 0 unspecified atom stereocenters. The summed E-state index contributed by atoms with van der Waals surface area (Å²) in [5.41, 5.74) is 0.292. The van der Waals surface area contributed by atoms with Crippen molar-refractivity contribution in [1.29, 1.82) is 0 Å². The van der Waals surface area contributed by atoms with E-state index in [4.69, 9.17) is 10.2 Å². The van der Waals surface area contributed by atoms with Gasteiger partial charge in [0.25, 0.3) is 11.1 Å². The van der Waals surface area contributed by atoms with Crippen LogP contribution in [0.15, 0.2) is 9.59 Å². The molecule has 0 bridgehead atoms. The van der Waals surface area contributed by atoms with E-state index in [9.17, 15) is 9.59 Å². The molecule has 0 fully saturated rings. The van der Waals surface area contributed by atoms with Gasteiger partial charge in [0.05, 0.1) is 42.4 Å². The summed E-state index contributed by atoms with van der Waals surface area (Å²) in [4.78, 5) is 24.3. The molecule has 8 nitrogen and oxygen atoms in total. The number of aliphatic hydroxyl groups excluding tert-OH is 2. The molecular weight excluding hydrogens is 276 g/mol. The molecule has 114 valence electrons. The summed E-state index contributed by atoms with van der Waals surface area (Å²) in [5.74, 6) is 0. The molecule has 0 atom stereocenters. The van der Waals surface area contributed by atoms with Crippen molar-refractivity contribution >= 4 is 12.7 Å². The predicted molar refractivity (Wildman–Crippen MR) is 77.4 cm³/mol. The van der Waals surface area contributed by atoms with E-state index in [2.05, 4.69) is 16.8 Å². The van der Waals surface area contributed by atoms with Crippen LogP contribution in [0.5, 0.6) is 0 Å². The zero-order valence-corrected chi connectivity index (χ0v) is 11.7. The predicted octanol–water partition coefficient (Wildman–Crippen LogP) is -2.80. The van der Waals surface area contributed by atoms with Gasteiger partial charge in [-0.25, -0.2) is 4.68 Å². The molecule has 0 saturated carbocycles. The van der Waals surface area contributed by atoms with Gasteiger partial charge in [0.1, 0.15) is 0 Å². The van der Waals surface area contributed by atoms with Crippen molar-refractivity contribution in [2.24, 2.45) is 0 Å². The Kier molecular flexibility index (Phi) is 4.29. The number of aromatic amines is 2. The van der Waals surface area contributed by atoms with E-state index < -0.39 is 0 Å². The maximum atomic E-state index is 12.1. The normalized spacial score (nSPS) is 12.2. The Bertz CT molecular complexity index is 852. The highest BCUT2D eigenvalue weighted by atomic mass is 16.3. The average molecular weight is 294 g/mol. The highest BCUT2D eigenvalue weighted by Gasteiger charge is 2.10. The number of H-pyrrole nitrogens is 2. The van der Waals surface area contributed by atoms with Crippen molar-refractivity contribution in [2.75, 3.05) is 13.2 Å². The molecule has 4 N–H and O–H groups in total. The van der Waals surface area contributed by atoms with Crippen molar-refractivity contribution in [1.82, 2.24) is 19.6 Å². The molecule has 2 rings (SSSR count). The Morgan fingerprint density at radius 2 is 1.67 bits per heavy atom. The highest BCUT2D eigenvalue weighted by molar-refractivity contribution is 5.50. The maximum absolute atomic E-state index is 12.1. The molecule has 2 aromatic rings. The first-order chi connectivity index (χ1) is 9.99. The third-order valence-corrected chi connectivity index (χ3v) is 3.19. The van der Waals surface area contributed by atoms with Crippen LogP contribution in [0.2, 0.25) is 0 Å². The van der Waals surface area contributed by atoms with Crippen LogP contribution in [-0.2, 0) is 13.1 Å². The molecule has 2 aromatic heterocycles. The number of nitrogens with one attached hydrogen (secondary N) is 2. The van der Waals surface area contributed by atoms with Gasteiger partial charge in [-0.1, -0.05) is 6.58 Å². The maximum Gasteiger partial charge on any atom is 0.274 e. The number of nitrogens with zero attached hydrogens (tertiary/aromatic N) is 2. The van der Waals surface area contributed by atoms with Crippen molar-refractivity contribution in [2.45, 2.75) is 20.0 Å². The van der Waals surface area contributed by atoms with Gasteiger partial charge in [0, 0.05) is 5.69 Å². The van der Waals surface area contributed by atoms with E-state index in [0.29, 0.717) is 16.6 Å². The Labute approximate surface area is 119 Å². The third-order valence-electron chi connectivity index (χ3n) is 3.19. The van der Waals surface area contributed by atoms with Crippen LogP contribution in [0.4, 0.5) is 0 Å². The number of hydrogen-bond acceptors (Lipinski definition) is 4. The fourth-order valence-corrected chi connectivity index (χ4v) is 2.15. The monoisotopic (exact) mass is 294 g/mol. The van der Waals surface area contributed by atoms with Crippen LogP contribution in [-0.4, -0.2) is 43.0 Å². The van der Waals surface area contributed by atoms with Gasteiger partial charge in [-0.3, -0.25) is 24.5 Å². The standard InChI is InChI=1S/C13H18N4O4/c1-8-10(12(20)16(14-8)3-5-18)7-11-9(2)15-17(4-6-19)13(11)21/h7,14-15,18-19H,1,3-6H2,2H3. The topological polar surface area (TPSA) is 116 Å². The van der Waals surface area contributed by atoms with Crippen molar-refractivity contribution in [3.05, 3.63) is 42.5 Å². The van der Waals surface area contributed by atoms with Gasteiger partial charge in [-0.2, -0.15) is 0 Å². The summed E-state index contributed by atoms with van der Waals surface area (Å²) in [7, 11) is 0. The minimum absolute atomic E-state index is 0.135. The molecule has 8 heteroatoms. The fraction of sp³-hybridized carbons (Fsp3) is 0.385. The summed E-state index contributed by atoms with van der Waals surface area (Å²) in [6, 6.07) is 0. The summed E-state index contributed by atoms with van der Waals surface area (Å²) in [5, 5.41) is 24.0. The second kappa shape index (κ2) is 5.98. The van der Waals surface area contributed by atoms with Gasteiger partial charge in [0.2, 0.25) is 0 Å². The number of hydrogen-bond donors (Lipinski definition) is 4. The minimum Gasteiger partial charge on any atom is -0.394 e. The Morgan fingerprint density at radius 3 is 2.24 bits per heavy atom. The summed E-state index contributed by atoms with van der Waals surface area (Å²) in [6.45, 7) is 5.41.